The number of rotatable bonds is 6. The second-order valence-corrected chi connectivity index (χ2v) is 7.56. The van der Waals surface area contributed by atoms with E-state index in [4.69, 9.17) is 10.5 Å². The van der Waals surface area contributed by atoms with Gasteiger partial charge >= 0.3 is 5.97 Å². The standard InChI is InChI=1S/C18H20N2O5S/c1-11-5-4-6-15(9-11)20-26(23,24)16-10-14(8-7-12(16)2)18(22)25-13(3)17(19)21/h4-10,13,20H,1-3H3,(H2,19,21). The number of benzene rings is 2. The van der Waals surface area contributed by atoms with E-state index in [2.05, 4.69) is 4.72 Å². The lowest BCUT2D eigenvalue weighted by Crippen LogP contribution is -2.30. The zero-order valence-corrected chi connectivity index (χ0v) is 15.5. The van der Waals surface area contributed by atoms with Gasteiger partial charge in [-0.05, 0) is 56.2 Å². The first-order chi connectivity index (χ1) is 12.1. The van der Waals surface area contributed by atoms with E-state index < -0.39 is 28.0 Å². The van der Waals surface area contributed by atoms with Crippen molar-refractivity contribution < 1.29 is 22.7 Å². The van der Waals surface area contributed by atoms with Crippen LogP contribution in [0.25, 0.3) is 0 Å². The summed E-state index contributed by atoms with van der Waals surface area (Å²) in [5.41, 5.74) is 6.85. The topological polar surface area (TPSA) is 116 Å². The lowest BCUT2D eigenvalue weighted by molar-refractivity contribution is -0.125. The van der Waals surface area contributed by atoms with Gasteiger partial charge in [0.1, 0.15) is 0 Å². The summed E-state index contributed by atoms with van der Waals surface area (Å²) in [5.74, 6) is -1.62. The van der Waals surface area contributed by atoms with E-state index in [1.54, 1.807) is 25.1 Å². The van der Waals surface area contributed by atoms with Crippen LogP contribution >= 0.6 is 0 Å². The van der Waals surface area contributed by atoms with Gasteiger partial charge in [0.05, 0.1) is 10.5 Å². The van der Waals surface area contributed by atoms with Crippen molar-refractivity contribution >= 4 is 27.6 Å². The number of ether oxygens (including phenoxy) is 1. The fraction of sp³-hybridized carbons (Fsp3) is 0.222. The van der Waals surface area contributed by atoms with Gasteiger partial charge in [-0.25, -0.2) is 13.2 Å². The molecular weight excluding hydrogens is 356 g/mol. The summed E-state index contributed by atoms with van der Waals surface area (Å²) >= 11 is 0. The minimum absolute atomic E-state index is 0.00770. The molecule has 0 fully saturated rings. The molecular formula is C18H20N2O5S. The van der Waals surface area contributed by atoms with Crippen molar-refractivity contribution in [1.29, 1.82) is 0 Å². The van der Waals surface area contributed by atoms with E-state index in [0.717, 1.165) is 5.56 Å². The summed E-state index contributed by atoms with van der Waals surface area (Å²) in [7, 11) is -3.91. The fourth-order valence-corrected chi connectivity index (χ4v) is 3.54. The third-order valence-corrected chi connectivity index (χ3v) is 5.19. The van der Waals surface area contributed by atoms with Crippen LogP contribution in [0.2, 0.25) is 0 Å². The molecule has 0 aliphatic carbocycles. The SMILES string of the molecule is Cc1cccc(NS(=O)(=O)c2cc(C(=O)OC(C)C(N)=O)ccc2C)c1. The minimum Gasteiger partial charge on any atom is -0.449 e. The molecule has 0 heterocycles. The summed E-state index contributed by atoms with van der Waals surface area (Å²) in [5, 5.41) is 0. The van der Waals surface area contributed by atoms with E-state index in [1.807, 2.05) is 13.0 Å². The Morgan fingerprint density at radius 3 is 2.42 bits per heavy atom. The Bertz CT molecular complexity index is 954. The third-order valence-electron chi connectivity index (χ3n) is 3.67. The number of anilines is 1. The number of carbonyl (C=O) groups is 2. The smallest absolute Gasteiger partial charge is 0.338 e. The largest absolute Gasteiger partial charge is 0.449 e. The Kier molecular flexibility index (Phi) is 5.66. The molecule has 7 nitrogen and oxygen atoms in total. The summed E-state index contributed by atoms with van der Waals surface area (Å²) in [6.07, 6.45) is -1.12. The number of nitrogens with one attached hydrogen (secondary N) is 1. The maximum Gasteiger partial charge on any atom is 0.338 e. The van der Waals surface area contributed by atoms with E-state index >= 15 is 0 Å². The molecule has 0 radical (unpaired) electrons. The molecule has 8 heteroatoms. The zero-order valence-electron chi connectivity index (χ0n) is 14.6. The first-order valence-electron chi connectivity index (χ1n) is 7.80. The first kappa shape index (κ1) is 19.5. The number of primary amides is 1. The van der Waals surface area contributed by atoms with Crippen LogP contribution in [0, 0.1) is 13.8 Å². The number of nitrogens with two attached hydrogens (primary N) is 1. The Morgan fingerprint density at radius 2 is 1.81 bits per heavy atom. The molecule has 0 bridgehead atoms. The van der Waals surface area contributed by atoms with Gasteiger partial charge in [-0.2, -0.15) is 0 Å². The molecule has 2 aromatic carbocycles. The normalized spacial score (nSPS) is 12.3. The van der Waals surface area contributed by atoms with Crippen LogP contribution in [-0.2, 0) is 19.6 Å². The molecule has 2 rings (SSSR count). The van der Waals surface area contributed by atoms with Crippen molar-refractivity contribution in [2.75, 3.05) is 4.72 Å². The highest BCUT2D eigenvalue weighted by Crippen LogP contribution is 2.22. The lowest BCUT2D eigenvalue weighted by Gasteiger charge is -2.13. The van der Waals surface area contributed by atoms with Crippen LogP contribution in [0.5, 0.6) is 0 Å². The summed E-state index contributed by atoms with van der Waals surface area (Å²) in [6, 6.07) is 11.0. The van der Waals surface area contributed by atoms with Crippen molar-refractivity contribution in [3.8, 4) is 0 Å². The van der Waals surface area contributed by atoms with Gasteiger partial charge < -0.3 is 10.5 Å². The van der Waals surface area contributed by atoms with Gasteiger partial charge in [-0.3, -0.25) is 9.52 Å². The highest BCUT2D eigenvalue weighted by molar-refractivity contribution is 7.92. The number of hydrogen-bond donors (Lipinski definition) is 2. The highest BCUT2D eigenvalue weighted by Gasteiger charge is 2.22. The van der Waals surface area contributed by atoms with Gasteiger partial charge in [-0.15, -0.1) is 0 Å². The molecule has 0 aromatic heterocycles. The average molecular weight is 376 g/mol. The van der Waals surface area contributed by atoms with Crippen molar-refractivity contribution in [2.45, 2.75) is 31.8 Å². The molecule has 0 saturated heterocycles. The molecule has 0 aliphatic heterocycles. The molecule has 0 aliphatic rings. The van der Waals surface area contributed by atoms with Crippen LogP contribution in [0.1, 0.15) is 28.4 Å². The highest BCUT2D eigenvalue weighted by atomic mass is 32.2. The molecule has 3 N–H and O–H groups in total. The van der Waals surface area contributed by atoms with Crippen LogP contribution in [-0.4, -0.2) is 26.4 Å². The van der Waals surface area contributed by atoms with E-state index in [-0.39, 0.29) is 10.5 Å². The van der Waals surface area contributed by atoms with Gasteiger partial charge in [0, 0.05) is 5.69 Å². The predicted octanol–water partition coefficient (Wildman–Crippen LogP) is 2.13. The molecule has 1 atom stereocenters. The molecule has 2 aromatic rings. The predicted molar refractivity (Wildman–Crippen MR) is 97.2 cm³/mol. The maximum absolute atomic E-state index is 12.7. The van der Waals surface area contributed by atoms with E-state index in [1.165, 1.54) is 25.1 Å². The summed E-state index contributed by atoms with van der Waals surface area (Å²) in [6.45, 7) is 4.80. The van der Waals surface area contributed by atoms with Crippen LogP contribution in [0.15, 0.2) is 47.4 Å². The van der Waals surface area contributed by atoms with Crippen molar-refractivity contribution in [2.24, 2.45) is 5.73 Å². The van der Waals surface area contributed by atoms with Crippen LogP contribution in [0.4, 0.5) is 5.69 Å². The zero-order chi connectivity index (χ0) is 19.5. The Hall–Kier alpha value is -2.87. The number of aryl methyl sites for hydroxylation is 2. The van der Waals surface area contributed by atoms with Crippen molar-refractivity contribution in [1.82, 2.24) is 0 Å². The Labute approximate surface area is 152 Å². The first-order valence-corrected chi connectivity index (χ1v) is 9.29. The second kappa shape index (κ2) is 7.57. The number of hydrogen-bond acceptors (Lipinski definition) is 5. The fourth-order valence-electron chi connectivity index (χ4n) is 2.22. The third kappa shape index (κ3) is 4.60. The number of amides is 1. The van der Waals surface area contributed by atoms with E-state index in [0.29, 0.717) is 11.3 Å². The van der Waals surface area contributed by atoms with E-state index in [9.17, 15) is 18.0 Å². The van der Waals surface area contributed by atoms with Crippen LogP contribution in [0.3, 0.4) is 0 Å². The average Bonchev–Trinajstić information content (AvgIpc) is 2.54. The molecule has 0 saturated carbocycles. The van der Waals surface area contributed by atoms with Crippen LogP contribution < -0.4 is 10.5 Å². The van der Waals surface area contributed by atoms with Gasteiger partial charge in [0.2, 0.25) is 0 Å². The summed E-state index contributed by atoms with van der Waals surface area (Å²) < 4.78 is 32.8. The van der Waals surface area contributed by atoms with Crippen molar-refractivity contribution in [3.63, 3.8) is 0 Å². The molecule has 1 amide bonds. The maximum atomic E-state index is 12.7. The molecule has 0 spiro atoms. The number of esters is 1. The Balaban J connectivity index is 2.33. The molecule has 1 unspecified atom stereocenters. The second-order valence-electron chi connectivity index (χ2n) is 5.91. The van der Waals surface area contributed by atoms with Gasteiger partial charge in [-0.1, -0.05) is 18.2 Å². The number of sulfonamides is 1. The van der Waals surface area contributed by atoms with Crippen molar-refractivity contribution in [3.05, 3.63) is 59.2 Å². The Morgan fingerprint density at radius 1 is 1.12 bits per heavy atom. The minimum atomic E-state index is -3.91. The van der Waals surface area contributed by atoms with Gasteiger partial charge in [0.15, 0.2) is 6.10 Å². The quantitative estimate of drug-likeness (QED) is 0.749. The molecule has 138 valence electrons. The molecule has 26 heavy (non-hydrogen) atoms. The monoisotopic (exact) mass is 376 g/mol. The lowest BCUT2D eigenvalue weighted by atomic mass is 10.1. The van der Waals surface area contributed by atoms with Gasteiger partial charge in [0.25, 0.3) is 15.9 Å². The summed E-state index contributed by atoms with van der Waals surface area (Å²) in [4.78, 5) is 23.1. The number of carbonyl (C=O) groups excluding carboxylic acids is 2.